The summed E-state index contributed by atoms with van der Waals surface area (Å²) in [5.74, 6) is -0.0178. The fourth-order valence-corrected chi connectivity index (χ4v) is 3.84. The molecule has 0 N–H and O–H groups in total. The minimum absolute atomic E-state index is 0.0178. The van der Waals surface area contributed by atoms with Crippen LogP contribution in [0.3, 0.4) is 0 Å². The van der Waals surface area contributed by atoms with Crippen LogP contribution in [0.1, 0.15) is 44.7 Å². The molecule has 1 aliphatic heterocycles. The van der Waals surface area contributed by atoms with E-state index in [4.69, 9.17) is 16.3 Å². The average Bonchev–Trinajstić information content (AvgIpc) is 2.71. The highest BCUT2D eigenvalue weighted by atomic mass is 35.5. The van der Waals surface area contributed by atoms with Crippen LogP contribution in [-0.2, 0) is 11.2 Å². The Kier molecular flexibility index (Phi) is 7.36. The predicted molar refractivity (Wildman–Crippen MR) is 123 cm³/mol. The number of nitrogens with zero attached hydrogens (tertiary/aromatic N) is 2. The van der Waals surface area contributed by atoms with Gasteiger partial charge in [0.1, 0.15) is 5.71 Å². The molecule has 1 aliphatic rings. The molecule has 2 aromatic carbocycles. The number of ether oxygens (including phenoxy) is 1. The van der Waals surface area contributed by atoms with Crippen LogP contribution in [0.2, 0.25) is 5.02 Å². The zero-order chi connectivity index (χ0) is 23.5. The quantitative estimate of drug-likeness (QED) is 0.460. The molecule has 0 spiro atoms. The SMILES string of the molecule is C[C@@H]([C@@H](Cc1ccc(Cl)cc1)c1ccccc1)N1C=CC(C(F)(F)F)=NC1OC(C)(C)C. The summed E-state index contributed by atoms with van der Waals surface area (Å²) < 4.78 is 46.0. The van der Waals surface area contributed by atoms with E-state index in [-0.39, 0.29) is 12.0 Å². The molecule has 3 rings (SSSR count). The molecule has 0 aromatic heterocycles. The van der Waals surface area contributed by atoms with E-state index in [9.17, 15) is 13.2 Å². The Balaban J connectivity index is 1.96. The van der Waals surface area contributed by atoms with Crippen molar-refractivity contribution in [3.63, 3.8) is 0 Å². The van der Waals surface area contributed by atoms with Gasteiger partial charge < -0.3 is 9.64 Å². The van der Waals surface area contributed by atoms with E-state index >= 15 is 0 Å². The van der Waals surface area contributed by atoms with Crippen LogP contribution in [0.5, 0.6) is 0 Å². The van der Waals surface area contributed by atoms with Crippen molar-refractivity contribution in [2.24, 2.45) is 4.99 Å². The third kappa shape index (κ3) is 6.36. The number of alkyl halides is 3. The Morgan fingerprint density at radius 2 is 1.66 bits per heavy atom. The summed E-state index contributed by atoms with van der Waals surface area (Å²) in [6, 6.07) is 17.4. The van der Waals surface area contributed by atoms with Crippen LogP contribution >= 0.6 is 11.6 Å². The van der Waals surface area contributed by atoms with Crippen molar-refractivity contribution in [3.8, 4) is 0 Å². The molecule has 1 heterocycles. The Morgan fingerprint density at radius 3 is 2.22 bits per heavy atom. The van der Waals surface area contributed by atoms with E-state index in [2.05, 4.69) is 4.99 Å². The van der Waals surface area contributed by atoms with Crippen LogP contribution in [0, 0.1) is 0 Å². The number of halogens is 4. The first-order chi connectivity index (χ1) is 14.9. The number of hydrogen-bond donors (Lipinski definition) is 0. The molecular weight excluding hydrogens is 437 g/mol. The monoisotopic (exact) mass is 464 g/mol. The molecule has 0 aliphatic carbocycles. The standard InChI is InChI=1S/C25H28ClF3N2O/c1-17(31-15-14-22(25(27,28)29)30-23(31)32-24(2,3)4)21(19-8-6-5-7-9-19)16-18-10-12-20(26)13-11-18/h5-15,17,21,23H,16H2,1-4H3/t17-,21+,23?/m0/s1. The summed E-state index contributed by atoms with van der Waals surface area (Å²) in [6.45, 7) is 7.41. The van der Waals surface area contributed by atoms with Gasteiger partial charge in [-0.15, -0.1) is 0 Å². The highest BCUT2D eigenvalue weighted by molar-refractivity contribution is 6.30. The largest absolute Gasteiger partial charge is 0.433 e. The van der Waals surface area contributed by atoms with E-state index in [1.165, 1.54) is 6.20 Å². The summed E-state index contributed by atoms with van der Waals surface area (Å²) in [5.41, 5.74) is 0.559. The fourth-order valence-electron chi connectivity index (χ4n) is 3.72. The lowest BCUT2D eigenvalue weighted by Gasteiger charge is -2.41. The molecule has 0 amide bonds. The minimum Gasteiger partial charge on any atom is -0.333 e. The summed E-state index contributed by atoms with van der Waals surface area (Å²) in [4.78, 5) is 5.70. The molecule has 7 heteroatoms. The lowest BCUT2D eigenvalue weighted by molar-refractivity contribution is -0.129. The van der Waals surface area contributed by atoms with E-state index in [0.29, 0.717) is 11.4 Å². The van der Waals surface area contributed by atoms with Crippen LogP contribution in [0.15, 0.2) is 71.9 Å². The predicted octanol–water partition coefficient (Wildman–Crippen LogP) is 6.99. The van der Waals surface area contributed by atoms with E-state index in [0.717, 1.165) is 17.2 Å². The summed E-state index contributed by atoms with van der Waals surface area (Å²) >= 11 is 6.04. The van der Waals surface area contributed by atoms with Gasteiger partial charge in [0.15, 0.2) is 0 Å². The number of aliphatic imine (C=N–C) groups is 1. The highest BCUT2D eigenvalue weighted by Gasteiger charge is 2.40. The molecule has 0 saturated heterocycles. The zero-order valence-electron chi connectivity index (χ0n) is 18.6. The Bertz CT molecular complexity index is 950. The molecule has 3 nitrogen and oxygen atoms in total. The lowest BCUT2D eigenvalue weighted by Crippen LogP contribution is -2.47. The van der Waals surface area contributed by atoms with E-state index in [1.807, 2.05) is 61.5 Å². The lowest BCUT2D eigenvalue weighted by atomic mass is 9.86. The van der Waals surface area contributed by atoms with Crippen molar-refractivity contribution >= 4 is 17.3 Å². The van der Waals surface area contributed by atoms with Gasteiger partial charge in [-0.1, -0.05) is 54.1 Å². The van der Waals surface area contributed by atoms with Gasteiger partial charge in [0.05, 0.1) is 5.60 Å². The maximum Gasteiger partial charge on any atom is 0.433 e. The van der Waals surface area contributed by atoms with Crippen molar-refractivity contribution in [2.75, 3.05) is 0 Å². The fraction of sp³-hybridized carbons (Fsp3) is 0.400. The molecule has 2 aromatic rings. The van der Waals surface area contributed by atoms with Crippen LogP contribution < -0.4 is 0 Å². The topological polar surface area (TPSA) is 24.8 Å². The zero-order valence-corrected chi connectivity index (χ0v) is 19.4. The Morgan fingerprint density at radius 1 is 1.03 bits per heavy atom. The third-order valence-electron chi connectivity index (χ3n) is 5.31. The van der Waals surface area contributed by atoms with Crippen molar-refractivity contribution in [2.45, 2.75) is 64.2 Å². The second kappa shape index (κ2) is 9.67. The smallest absolute Gasteiger partial charge is 0.333 e. The molecule has 0 saturated carbocycles. The first-order valence-electron chi connectivity index (χ1n) is 10.5. The molecule has 172 valence electrons. The maximum atomic E-state index is 13.4. The normalized spacial score (nSPS) is 18.9. The van der Waals surface area contributed by atoms with Gasteiger partial charge in [0.2, 0.25) is 6.35 Å². The van der Waals surface area contributed by atoms with E-state index < -0.39 is 23.8 Å². The Hall–Kier alpha value is -2.31. The molecule has 32 heavy (non-hydrogen) atoms. The molecular formula is C25H28ClF3N2O. The number of benzene rings is 2. The molecule has 1 unspecified atom stereocenters. The summed E-state index contributed by atoms with van der Waals surface area (Å²) in [7, 11) is 0. The second-order valence-corrected chi connectivity index (χ2v) is 9.36. The second-order valence-electron chi connectivity index (χ2n) is 8.92. The molecule has 3 atom stereocenters. The van der Waals surface area contributed by atoms with Crippen LogP contribution in [-0.4, -0.2) is 34.8 Å². The van der Waals surface area contributed by atoms with Gasteiger partial charge in [0, 0.05) is 23.2 Å². The van der Waals surface area contributed by atoms with Gasteiger partial charge >= 0.3 is 6.18 Å². The summed E-state index contributed by atoms with van der Waals surface area (Å²) in [5, 5.41) is 0.657. The van der Waals surface area contributed by atoms with Crippen molar-refractivity contribution < 1.29 is 17.9 Å². The van der Waals surface area contributed by atoms with Crippen LogP contribution in [0.4, 0.5) is 13.2 Å². The van der Waals surface area contributed by atoms with Gasteiger partial charge in [-0.3, -0.25) is 0 Å². The first-order valence-corrected chi connectivity index (χ1v) is 10.9. The van der Waals surface area contributed by atoms with Crippen LogP contribution in [0.25, 0.3) is 0 Å². The average molecular weight is 465 g/mol. The molecule has 0 fully saturated rings. The van der Waals surface area contributed by atoms with Crippen molar-refractivity contribution in [3.05, 3.63) is 83.0 Å². The maximum absolute atomic E-state index is 13.4. The van der Waals surface area contributed by atoms with Gasteiger partial charge in [-0.05, 0) is 63.5 Å². The molecule has 0 radical (unpaired) electrons. The first kappa shape index (κ1) is 24.3. The van der Waals surface area contributed by atoms with Gasteiger partial charge in [0.25, 0.3) is 0 Å². The third-order valence-corrected chi connectivity index (χ3v) is 5.56. The molecule has 0 bridgehead atoms. The van der Waals surface area contributed by atoms with Gasteiger partial charge in [-0.25, -0.2) is 4.99 Å². The summed E-state index contributed by atoms with van der Waals surface area (Å²) in [6.07, 6.45) is -2.46. The van der Waals surface area contributed by atoms with Gasteiger partial charge in [-0.2, -0.15) is 13.2 Å². The number of hydrogen-bond acceptors (Lipinski definition) is 3. The minimum atomic E-state index is -4.53. The van der Waals surface area contributed by atoms with E-state index in [1.54, 1.807) is 25.7 Å². The van der Waals surface area contributed by atoms with Crippen molar-refractivity contribution in [1.82, 2.24) is 4.90 Å². The number of rotatable bonds is 6. The van der Waals surface area contributed by atoms with Crippen molar-refractivity contribution in [1.29, 1.82) is 0 Å². The highest BCUT2D eigenvalue weighted by Crippen LogP contribution is 2.33. The number of allylic oxidation sites excluding steroid dienone is 1. The Labute approximate surface area is 192 Å².